The van der Waals surface area contributed by atoms with Crippen LogP contribution in [0.3, 0.4) is 0 Å². The summed E-state index contributed by atoms with van der Waals surface area (Å²) in [6.07, 6.45) is 0. The second-order valence-electron chi connectivity index (χ2n) is 0.447. The number of hydrogen-bond donors (Lipinski definition) is 0. The molecule has 0 spiro atoms. The van der Waals surface area contributed by atoms with Gasteiger partial charge in [-0.2, -0.15) is 17.7 Å². The molecular formula is H3MgO4P2Zn+. The van der Waals surface area contributed by atoms with E-state index in [9.17, 15) is 0 Å². The zero-order chi connectivity index (χ0) is 4.50. The van der Waals surface area contributed by atoms with Gasteiger partial charge in [0.25, 0.3) is 0 Å². The Labute approximate surface area is 79.2 Å². The average Bonchev–Trinajstić information content (AvgIpc) is 0.722. The minimum absolute atomic E-state index is 0. The molecule has 8 heteroatoms. The van der Waals surface area contributed by atoms with Crippen LogP contribution in [0.2, 0.25) is 0 Å². The van der Waals surface area contributed by atoms with Gasteiger partial charge in [-0.3, -0.25) is 0 Å². The van der Waals surface area contributed by atoms with Crippen LogP contribution in [0.15, 0.2) is 0 Å². The van der Waals surface area contributed by atoms with E-state index in [1.165, 1.54) is 0 Å². The summed E-state index contributed by atoms with van der Waals surface area (Å²) in [6, 6.07) is 0. The monoisotopic (exact) mass is 217 g/mol. The van der Waals surface area contributed by atoms with E-state index in [-0.39, 0.29) is 52.4 Å². The normalized spacial score (nSPS) is 7.38. The topological polar surface area (TPSA) is 86.2 Å². The van der Waals surface area contributed by atoms with Crippen molar-refractivity contribution in [3.8, 4) is 0 Å². The minimum atomic E-state index is -5.39. The van der Waals surface area contributed by atoms with Gasteiger partial charge >= 0.3 is 42.5 Å². The van der Waals surface area contributed by atoms with Crippen LogP contribution in [-0.4, -0.2) is 23.1 Å². The Bertz CT molecular complexity index is 60.2. The van der Waals surface area contributed by atoms with E-state index in [2.05, 4.69) is 0 Å². The van der Waals surface area contributed by atoms with Crippen molar-refractivity contribution >= 4 is 40.8 Å². The van der Waals surface area contributed by atoms with E-state index >= 15 is 0 Å². The summed E-state index contributed by atoms with van der Waals surface area (Å²) in [7, 11) is -5.39. The van der Waals surface area contributed by atoms with Crippen molar-refractivity contribution in [2.24, 2.45) is 0 Å². The largest absolute Gasteiger partial charge is 2.00 e. The molecule has 0 fully saturated rings. The smallest absolute Gasteiger partial charge is 0.822 e. The SMILES string of the molecule is O=P([O-])([O-])[O-].P.[Mg+2].[Zn+2]. The fourth-order valence-electron chi connectivity index (χ4n) is 0. The van der Waals surface area contributed by atoms with Gasteiger partial charge in [-0.1, -0.05) is 0 Å². The molecule has 0 rings (SSSR count). The Morgan fingerprint density at radius 3 is 1.12 bits per heavy atom. The minimum Gasteiger partial charge on any atom is -0.822 e. The van der Waals surface area contributed by atoms with Gasteiger partial charge in [0.2, 0.25) is 0 Å². The first-order chi connectivity index (χ1) is 2.00. The summed E-state index contributed by atoms with van der Waals surface area (Å²) >= 11 is 0. The van der Waals surface area contributed by atoms with Gasteiger partial charge in [0.15, 0.2) is 0 Å². The van der Waals surface area contributed by atoms with Crippen molar-refractivity contribution in [1.82, 2.24) is 0 Å². The number of phosphoric acid groups is 1. The first-order valence-electron chi connectivity index (χ1n) is 0.730. The van der Waals surface area contributed by atoms with Crippen molar-refractivity contribution in [2.75, 3.05) is 0 Å². The van der Waals surface area contributed by atoms with E-state index in [0.29, 0.717) is 0 Å². The van der Waals surface area contributed by atoms with Crippen LogP contribution in [0.4, 0.5) is 0 Å². The third kappa shape index (κ3) is 102. The molecule has 0 amide bonds. The molecule has 0 N–H and O–H groups in total. The van der Waals surface area contributed by atoms with Gasteiger partial charge in [0.05, 0.1) is 0 Å². The van der Waals surface area contributed by atoms with Crippen molar-refractivity contribution in [3.05, 3.63) is 0 Å². The molecule has 1 unspecified atom stereocenters. The molecule has 1 atom stereocenters. The molecule has 40 valence electrons. The van der Waals surface area contributed by atoms with Crippen LogP contribution >= 0.6 is 17.7 Å². The Balaban J connectivity index is -0.0000000267. The van der Waals surface area contributed by atoms with Crippen LogP contribution in [0.5, 0.6) is 0 Å². The number of rotatable bonds is 0. The van der Waals surface area contributed by atoms with E-state index < -0.39 is 7.82 Å². The van der Waals surface area contributed by atoms with Crippen molar-refractivity contribution < 1.29 is 38.7 Å². The molecule has 0 aliphatic carbocycles. The molecule has 0 aromatic heterocycles. The maximum Gasteiger partial charge on any atom is 2.00 e. The van der Waals surface area contributed by atoms with Crippen LogP contribution in [0.25, 0.3) is 0 Å². The van der Waals surface area contributed by atoms with Crippen molar-refractivity contribution in [1.29, 1.82) is 0 Å². The van der Waals surface area contributed by atoms with Gasteiger partial charge in [-0.25, -0.2) is 0 Å². The predicted octanol–water partition coefficient (Wildman–Crippen LogP) is -3.15. The van der Waals surface area contributed by atoms with Crippen LogP contribution in [0, 0.1) is 0 Å². The first kappa shape index (κ1) is 22.5. The zero-order valence-corrected chi connectivity index (χ0v) is 10.9. The summed E-state index contributed by atoms with van der Waals surface area (Å²) in [6.45, 7) is 0. The summed E-state index contributed by atoms with van der Waals surface area (Å²) in [5.41, 5.74) is 0. The molecule has 0 radical (unpaired) electrons. The molecule has 8 heavy (non-hydrogen) atoms. The molecule has 0 heterocycles. The molecule has 0 aromatic carbocycles. The Hall–Kier alpha value is 1.93. The fraction of sp³-hybridized carbons (Fsp3) is 0. The van der Waals surface area contributed by atoms with Crippen molar-refractivity contribution in [2.45, 2.75) is 0 Å². The molecule has 0 saturated heterocycles. The van der Waals surface area contributed by atoms with Crippen molar-refractivity contribution in [3.63, 3.8) is 0 Å². The van der Waals surface area contributed by atoms with E-state index in [1.807, 2.05) is 0 Å². The van der Waals surface area contributed by atoms with Gasteiger partial charge in [-0.15, -0.1) is 0 Å². The maximum absolute atomic E-state index is 8.55. The van der Waals surface area contributed by atoms with E-state index in [1.54, 1.807) is 0 Å². The Kier molecular flexibility index (Phi) is 25.1. The van der Waals surface area contributed by atoms with Gasteiger partial charge in [-0.05, 0) is 0 Å². The summed E-state index contributed by atoms with van der Waals surface area (Å²) < 4.78 is 8.55. The van der Waals surface area contributed by atoms with E-state index in [0.717, 1.165) is 0 Å². The average molecular weight is 219 g/mol. The van der Waals surface area contributed by atoms with E-state index in [4.69, 9.17) is 19.2 Å². The third-order valence-electron chi connectivity index (χ3n) is 0. The third-order valence-corrected chi connectivity index (χ3v) is 0. The summed E-state index contributed by atoms with van der Waals surface area (Å²) in [5, 5.41) is 0. The molecular weight excluding hydrogens is 216 g/mol. The second kappa shape index (κ2) is 8.93. The Morgan fingerprint density at radius 2 is 1.12 bits per heavy atom. The van der Waals surface area contributed by atoms with Crippen LogP contribution in [-0.2, 0) is 24.0 Å². The molecule has 0 aliphatic heterocycles. The second-order valence-corrected chi connectivity index (χ2v) is 1.34. The van der Waals surface area contributed by atoms with Gasteiger partial charge in [0, 0.05) is 0 Å². The van der Waals surface area contributed by atoms with Crippen LogP contribution < -0.4 is 14.7 Å². The van der Waals surface area contributed by atoms with Gasteiger partial charge < -0.3 is 19.2 Å². The Morgan fingerprint density at radius 1 is 1.12 bits per heavy atom. The van der Waals surface area contributed by atoms with Crippen LogP contribution in [0.1, 0.15) is 0 Å². The summed E-state index contributed by atoms with van der Waals surface area (Å²) in [5.74, 6) is 0. The van der Waals surface area contributed by atoms with Gasteiger partial charge in [0.1, 0.15) is 0 Å². The molecule has 0 aliphatic rings. The molecule has 0 aromatic rings. The molecule has 0 saturated carbocycles. The summed E-state index contributed by atoms with van der Waals surface area (Å²) in [4.78, 5) is 25.6. The predicted molar refractivity (Wildman–Crippen MR) is 24.5 cm³/mol. The first-order valence-corrected chi connectivity index (χ1v) is 2.19. The number of hydrogen-bond acceptors (Lipinski definition) is 4. The molecule has 4 nitrogen and oxygen atoms in total. The quantitative estimate of drug-likeness (QED) is 0.318. The molecule has 0 bridgehead atoms. The standard InChI is InChI=1S/Mg.H3O4P.H3P.Zn/c;1-5(2,3)4;;/h;(H3,1,2,3,4);1H3;/q+2;;;+2/p-3. The zero-order valence-electron chi connectivity index (χ0n) is 4.20. The fourth-order valence-corrected chi connectivity index (χ4v) is 0. The maximum atomic E-state index is 8.55.